The monoisotopic (exact) mass is 288 g/mol. The molecular formula is C16H20N2O3. The first kappa shape index (κ1) is 14.1. The largest absolute Gasteiger partial charge is 0.376 e. The topological polar surface area (TPSA) is 58.6 Å². The number of ether oxygens (including phenoxy) is 1. The lowest BCUT2D eigenvalue weighted by Gasteiger charge is -2.41. The van der Waals surface area contributed by atoms with Gasteiger partial charge in [0.05, 0.1) is 18.7 Å². The molecule has 2 fully saturated rings. The van der Waals surface area contributed by atoms with Crippen molar-refractivity contribution in [1.29, 1.82) is 0 Å². The average Bonchev–Trinajstić information content (AvgIpc) is 3.04. The van der Waals surface area contributed by atoms with Gasteiger partial charge in [0.2, 0.25) is 11.8 Å². The zero-order valence-electron chi connectivity index (χ0n) is 12.1. The van der Waals surface area contributed by atoms with E-state index in [0.717, 1.165) is 25.0 Å². The Morgan fingerprint density at radius 2 is 2.05 bits per heavy atom. The van der Waals surface area contributed by atoms with Crippen LogP contribution in [-0.2, 0) is 14.3 Å². The molecule has 0 radical (unpaired) electrons. The molecule has 21 heavy (non-hydrogen) atoms. The van der Waals surface area contributed by atoms with Crippen molar-refractivity contribution >= 4 is 11.8 Å². The van der Waals surface area contributed by atoms with Crippen LogP contribution in [0.15, 0.2) is 30.3 Å². The molecule has 2 aliphatic heterocycles. The number of rotatable bonds is 3. The van der Waals surface area contributed by atoms with Crippen LogP contribution in [0, 0.1) is 0 Å². The third-order valence-corrected chi connectivity index (χ3v) is 4.29. The minimum Gasteiger partial charge on any atom is -0.376 e. The Morgan fingerprint density at radius 1 is 1.29 bits per heavy atom. The Labute approximate surface area is 124 Å². The zero-order valence-corrected chi connectivity index (χ0v) is 12.1. The maximum absolute atomic E-state index is 12.4. The SMILES string of the molecule is CC(C1CCCO1)N1C(=O)CNC(=O)C1c1ccccc1. The van der Waals surface area contributed by atoms with E-state index in [0.29, 0.717) is 0 Å². The number of nitrogens with zero attached hydrogens (tertiary/aromatic N) is 1. The second-order valence-corrected chi connectivity index (χ2v) is 5.62. The van der Waals surface area contributed by atoms with E-state index in [9.17, 15) is 9.59 Å². The van der Waals surface area contributed by atoms with Gasteiger partial charge in [0.1, 0.15) is 6.04 Å². The van der Waals surface area contributed by atoms with E-state index < -0.39 is 6.04 Å². The first-order valence-electron chi connectivity index (χ1n) is 7.44. The second kappa shape index (κ2) is 5.85. The molecule has 2 amide bonds. The van der Waals surface area contributed by atoms with Crippen LogP contribution in [0.1, 0.15) is 31.4 Å². The van der Waals surface area contributed by atoms with Crippen molar-refractivity contribution in [2.45, 2.75) is 38.0 Å². The fourth-order valence-corrected chi connectivity index (χ4v) is 3.19. The molecule has 3 rings (SSSR count). The highest BCUT2D eigenvalue weighted by Gasteiger charge is 2.41. The van der Waals surface area contributed by atoms with Gasteiger partial charge in [0, 0.05) is 6.61 Å². The highest BCUT2D eigenvalue weighted by Crippen LogP contribution is 2.30. The van der Waals surface area contributed by atoms with Crippen molar-refractivity contribution in [2.75, 3.05) is 13.2 Å². The van der Waals surface area contributed by atoms with Gasteiger partial charge in [0.15, 0.2) is 0 Å². The molecule has 0 bridgehead atoms. The lowest BCUT2D eigenvalue weighted by molar-refractivity contribution is -0.151. The summed E-state index contributed by atoms with van der Waals surface area (Å²) in [7, 11) is 0. The van der Waals surface area contributed by atoms with Crippen LogP contribution in [0.4, 0.5) is 0 Å². The van der Waals surface area contributed by atoms with Gasteiger partial charge < -0.3 is 15.0 Å². The number of benzene rings is 1. The standard InChI is InChI=1S/C16H20N2O3/c1-11(13-8-5-9-21-13)18-14(19)10-17-16(20)15(18)12-6-3-2-4-7-12/h2-4,6-7,11,13,15H,5,8-10H2,1H3,(H,17,20). The molecule has 1 N–H and O–H groups in total. The Balaban J connectivity index is 1.92. The second-order valence-electron chi connectivity index (χ2n) is 5.62. The molecule has 2 saturated heterocycles. The van der Waals surface area contributed by atoms with Gasteiger partial charge >= 0.3 is 0 Å². The highest BCUT2D eigenvalue weighted by molar-refractivity contribution is 5.95. The van der Waals surface area contributed by atoms with E-state index >= 15 is 0 Å². The van der Waals surface area contributed by atoms with Crippen LogP contribution in [0.25, 0.3) is 0 Å². The molecule has 5 nitrogen and oxygen atoms in total. The van der Waals surface area contributed by atoms with Crippen molar-refractivity contribution in [3.8, 4) is 0 Å². The van der Waals surface area contributed by atoms with Crippen LogP contribution in [-0.4, -0.2) is 42.0 Å². The average molecular weight is 288 g/mol. The minimum absolute atomic E-state index is 0.0195. The quantitative estimate of drug-likeness (QED) is 0.911. The van der Waals surface area contributed by atoms with Gasteiger partial charge in [0.25, 0.3) is 0 Å². The van der Waals surface area contributed by atoms with Gasteiger partial charge in [-0.15, -0.1) is 0 Å². The van der Waals surface area contributed by atoms with Gasteiger partial charge in [-0.3, -0.25) is 9.59 Å². The fourth-order valence-electron chi connectivity index (χ4n) is 3.19. The van der Waals surface area contributed by atoms with Crippen molar-refractivity contribution in [3.05, 3.63) is 35.9 Å². The molecule has 5 heteroatoms. The smallest absolute Gasteiger partial charge is 0.247 e. The van der Waals surface area contributed by atoms with Crippen LogP contribution in [0.5, 0.6) is 0 Å². The maximum atomic E-state index is 12.4. The summed E-state index contributed by atoms with van der Waals surface area (Å²) >= 11 is 0. The van der Waals surface area contributed by atoms with E-state index in [-0.39, 0.29) is 30.5 Å². The Hall–Kier alpha value is -1.88. The summed E-state index contributed by atoms with van der Waals surface area (Å²) in [5, 5.41) is 2.68. The molecule has 3 atom stereocenters. The highest BCUT2D eigenvalue weighted by atomic mass is 16.5. The summed E-state index contributed by atoms with van der Waals surface area (Å²) in [6.07, 6.45) is 1.97. The lowest BCUT2D eigenvalue weighted by Crippen LogP contribution is -2.58. The van der Waals surface area contributed by atoms with E-state index in [1.165, 1.54) is 0 Å². The number of hydrogen-bond donors (Lipinski definition) is 1. The van der Waals surface area contributed by atoms with Crippen LogP contribution in [0.2, 0.25) is 0 Å². The first-order valence-corrected chi connectivity index (χ1v) is 7.44. The Kier molecular flexibility index (Phi) is 3.92. The van der Waals surface area contributed by atoms with Crippen molar-refractivity contribution in [1.82, 2.24) is 10.2 Å². The van der Waals surface area contributed by atoms with Gasteiger partial charge in [-0.05, 0) is 25.3 Å². The Morgan fingerprint density at radius 3 is 2.71 bits per heavy atom. The molecule has 2 heterocycles. The number of carbonyl (C=O) groups is 2. The number of amides is 2. The van der Waals surface area contributed by atoms with Crippen LogP contribution < -0.4 is 5.32 Å². The molecule has 0 aliphatic carbocycles. The van der Waals surface area contributed by atoms with E-state index in [2.05, 4.69) is 5.32 Å². The summed E-state index contributed by atoms with van der Waals surface area (Å²) in [4.78, 5) is 26.4. The normalized spacial score (nSPS) is 27.6. The predicted molar refractivity (Wildman–Crippen MR) is 77.5 cm³/mol. The Bertz CT molecular complexity index is 526. The molecule has 1 aromatic carbocycles. The minimum atomic E-state index is -0.563. The molecule has 2 aliphatic rings. The summed E-state index contributed by atoms with van der Waals surface area (Å²) < 4.78 is 5.71. The maximum Gasteiger partial charge on any atom is 0.247 e. The van der Waals surface area contributed by atoms with E-state index in [4.69, 9.17) is 4.74 Å². The molecule has 0 saturated carbocycles. The summed E-state index contributed by atoms with van der Waals surface area (Å²) in [6, 6.07) is 8.78. The van der Waals surface area contributed by atoms with Crippen LogP contribution >= 0.6 is 0 Å². The lowest BCUT2D eigenvalue weighted by atomic mass is 9.98. The third kappa shape index (κ3) is 2.65. The summed E-state index contributed by atoms with van der Waals surface area (Å²) in [5.41, 5.74) is 0.841. The van der Waals surface area contributed by atoms with Gasteiger partial charge in [-0.2, -0.15) is 0 Å². The fraction of sp³-hybridized carbons (Fsp3) is 0.500. The van der Waals surface area contributed by atoms with E-state index in [1.54, 1.807) is 4.90 Å². The number of hydrogen-bond acceptors (Lipinski definition) is 3. The molecule has 112 valence electrons. The van der Waals surface area contributed by atoms with Gasteiger partial charge in [-0.1, -0.05) is 30.3 Å². The van der Waals surface area contributed by atoms with Crippen LogP contribution in [0.3, 0.4) is 0 Å². The molecule has 1 aromatic rings. The molecule has 3 unspecified atom stereocenters. The zero-order chi connectivity index (χ0) is 14.8. The molecule has 0 aromatic heterocycles. The van der Waals surface area contributed by atoms with Crippen molar-refractivity contribution in [3.63, 3.8) is 0 Å². The van der Waals surface area contributed by atoms with Crippen molar-refractivity contribution < 1.29 is 14.3 Å². The predicted octanol–water partition coefficient (Wildman–Crippen LogP) is 1.25. The summed E-state index contributed by atoms with van der Waals surface area (Å²) in [5.74, 6) is -0.169. The van der Waals surface area contributed by atoms with E-state index in [1.807, 2.05) is 37.3 Å². The number of nitrogens with one attached hydrogen (secondary N) is 1. The molecule has 0 spiro atoms. The van der Waals surface area contributed by atoms with Crippen molar-refractivity contribution in [2.24, 2.45) is 0 Å². The number of carbonyl (C=O) groups excluding carboxylic acids is 2. The molecular weight excluding hydrogens is 268 g/mol. The first-order chi connectivity index (χ1) is 10.2. The number of piperazine rings is 1. The van der Waals surface area contributed by atoms with Gasteiger partial charge in [-0.25, -0.2) is 0 Å². The third-order valence-electron chi connectivity index (χ3n) is 4.29. The summed E-state index contributed by atoms with van der Waals surface area (Å²) in [6.45, 7) is 2.78.